The van der Waals surface area contributed by atoms with Crippen molar-refractivity contribution >= 4 is 23.5 Å². The van der Waals surface area contributed by atoms with E-state index in [1.165, 1.54) is 6.07 Å². The topological polar surface area (TPSA) is 119 Å². The Labute approximate surface area is 160 Å². The highest BCUT2D eigenvalue weighted by atomic mass is 32.2. The molecule has 0 saturated heterocycles. The maximum absolute atomic E-state index is 12.3. The fourth-order valence-electron chi connectivity index (χ4n) is 2.71. The van der Waals surface area contributed by atoms with Gasteiger partial charge in [-0.05, 0) is 24.1 Å². The number of thioether (sulfide) groups is 1. The highest BCUT2D eigenvalue weighted by molar-refractivity contribution is 7.99. The zero-order valence-corrected chi connectivity index (χ0v) is 15.8. The molecular formula is C18H22N4O4S. The van der Waals surface area contributed by atoms with Crippen LogP contribution >= 0.6 is 11.8 Å². The van der Waals surface area contributed by atoms with Crippen LogP contribution in [0.25, 0.3) is 0 Å². The van der Waals surface area contributed by atoms with Crippen molar-refractivity contribution < 1.29 is 14.3 Å². The van der Waals surface area contributed by atoms with Gasteiger partial charge in [-0.15, -0.1) is 0 Å². The summed E-state index contributed by atoms with van der Waals surface area (Å²) >= 11 is 1.13. The van der Waals surface area contributed by atoms with Crippen molar-refractivity contribution in [2.75, 3.05) is 24.7 Å². The number of benzene rings is 1. The van der Waals surface area contributed by atoms with Crippen molar-refractivity contribution in [2.45, 2.75) is 31.0 Å². The average molecular weight is 390 g/mol. The number of hydrogen-bond acceptors (Lipinski definition) is 7. The summed E-state index contributed by atoms with van der Waals surface area (Å²) in [4.78, 5) is 30.3. The van der Waals surface area contributed by atoms with Crippen molar-refractivity contribution in [3.63, 3.8) is 0 Å². The lowest BCUT2D eigenvalue weighted by atomic mass is 10.0. The first-order valence-electron chi connectivity index (χ1n) is 8.73. The summed E-state index contributed by atoms with van der Waals surface area (Å²) < 4.78 is 11.4. The lowest BCUT2D eigenvalue weighted by Crippen LogP contribution is -2.29. The lowest BCUT2D eigenvalue weighted by Gasteiger charge is -2.19. The second-order valence-corrected chi connectivity index (χ2v) is 7.01. The van der Waals surface area contributed by atoms with E-state index in [0.717, 1.165) is 35.9 Å². The summed E-state index contributed by atoms with van der Waals surface area (Å²) in [6.07, 6.45) is 1.57. The Balaban J connectivity index is 1.63. The summed E-state index contributed by atoms with van der Waals surface area (Å²) in [6, 6.07) is 6.77. The monoisotopic (exact) mass is 390 g/mol. The largest absolute Gasteiger partial charge is 0.490 e. The van der Waals surface area contributed by atoms with Crippen LogP contribution in [0.4, 0.5) is 5.82 Å². The van der Waals surface area contributed by atoms with Gasteiger partial charge < -0.3 is 25.5 Å². The van der Waals surface area contributed by atoms with E-state index in [0.29, 0.717) is 24.1 Å². The molecule has 144 valence electrons. The fourth-order valence-corrected chi connectivity index (χ4v) is 3.40. The molecular weight excluding hydrogens is 368 g/mol. The summed E-state index contributed by atoms with van der Waals surface area (Å²) in [5, 5.41) is 3.32. The molecule has 9 heteroatoms. The number of nitrogens with zero attached hydrogens (tertiary/aromatic N) is 1. The van der Waals surface area contributed by atoms with Crippen LogP contribution in [0.3, 0.4) is 0 Å². The molecule has 8 nitrogen and oxygen atoms in total. The Morgan fingerprint density at radius 3 is 2.85 bits per heavy atom. The van der Waals surface area contributed by atoms with Gasteiger partial charge in [0, 0.05) is 12.5 Å². The van der Waals surface area contributed by atoms with E-state index in [4.69, 9.17) is 15.2 Å². The predicted octanol–water partition coefficient (Wildman–Crippen LogP) is 1.87. The molecule has 3 rings (SSSR count). The van der Waals surface area contributed by atoms with Crippen LogP contribution in [0.1, 0.15) is 31.4 Å². The zero-order valence-electron chi connectivity index (χ0n) is 15.0. The van der Waals surface area contributed by atoms with Gasteiger partial charge in [-0.1, -0.05) is 24.8 Å². The van der Waals surface area contributed by atoms with Crippen LogP contribution < -0.4 is 26.1 Å². The molecule has 0 unspecified atom stereocenters. The van der Waals surface area contributed by atoms with Crippen LogP contribution in [0.5, 0.6) is 11.5 Å². The van der Waals surface area contributed by atoms with Crippen LogP contribution in [-0.4, -0.2) is 34.8 Å². The maximum Gasteiger partial charge on any atom is 0.253 e. The molecule has 1 aromatic carbocycles. The fraction of sp³-hybridized carbons (Fsp3) is 0.389. The third-order valence-corrected chi connectivity index (χ3v) is 4.87. The number of carbonyl (C=O) groups excluding carboxylic acids is 1. The minimum atomic E-state index is -0.343. The minimum Gasteiger partial charge on any atom is -0.490 e. The van der Waals surface area contributed by atoms with Gasteiger partial charge in [0.25, 0.3) is 5.56 Å². The molecule has 0 spiro atoms. The molecule has 0 saturated carbocycles. The smallest absolute Gasteiger partial charge is 0.253 e. The predicted molar refractivity (Wildman–Crippen MR) is 103 cm³/mol. The number of nitrogens with one attached hydrogen (secondary N) is 2. The van der Waals surface area contributed by atoms with E-state index in [1.807, 2.05) is 25.1 Å². The van der Waals surface area contributed by atoms with Gasteiger partial charge in [-0.3, -0.25) is 9.59 Å². The van der Waals surface area contributed by atoms with Gasteiger partial charge in [0.05, 0.1) is 25.0 Å². The summed E-state index contributed by atoms with van der Waals surface area (Å²) in [5.41, 5.74) is 6.15. The molecule has 1 atom stereocenters. The van der Waals surface area contributed by atoms with E-state index in [9.17, 15) is 9.59 Å². The number of nitrogen functional groups attached to an aromatic ring is 1. The first kappa shape index (κ1) is 19.1. The Hall–Kier alpha value is -2.68. The number of rotatable bonds is 6. The van der Waals surface area contributed by atoms with Gasteiger partial charge in [0.1, 0.15) is 5.82 Å². The normalized spacial score (nSPS) is 14.3. The number of aromatic amines is 1. The number of aromatic nitrogens is 2. The van der Waals surface area contributed by atoms with Crippen LogP contribution in [0.15, 0.2) is 34.2 Å². The van der Waals surface area contributed by atoms with E-state index in [-0.39, 0.29) is 29.1 Å². The van der Waals surface area contributed by atoms with Gasteiger partial charge in [0.2, 0.25) is 5.91 Å². The van der Waals surface area contributed by atoms with Gasteiger partial charge in [0.15, 0.2) is 16.7 Å². The average Bonchev–Trinajstić information content (AvgIpc) is 2.88. The van der Waals surface area contributed by atoms with E-state index in [1.54, 1.807) is 0 Å². The van der Waals surface area contributed by atoms with Crippen LogP contribution in [-0.2, 0) is 4.79 Å². The Bertz CT molecular complexity index is 871. The summed E-state index contributed by atoms with van der Waals surface area (Å²) in [5.74, 6) is 1.51. The summed E-state index contributed by atoms with van der Waals surface area (Å²) in [6.45, 7) is 3.25. The number of hydrogen-bond donors (Lipinski definition) is 3. The first-order valence-corrected chi connectivity index (χ1v) is 9.72. The Morgan fingerprint density at radius 1 is 1.33 bits per heavy atom. The molecule has 1 aliphatic rings. The Kier molecular flexibility index (Phi) is 6.23. The third kappa shape index (κ3) is 5.16. The number of fused-ring (bicyclic) bond motifs is 1. The van der Waals surface area contributed by atoms with Crippen LogP contribution in [0.2, 0.25) is 0 Å². The van der Waals surface area contributed by atoms with Crippen molar-refractivity contribution in [3.8, 4) is 11.5 Å². The number of ether oxygens (including phenoxy) is 2. The van der Waals surface area contributed by atoms with Gasteiger partial charge in [-0.2, -0.15) is 0 Å². The van der Waals surface area contributed by atoms with Crippen LogP contribution in [0, 0.1) is 0 Å². The molecule has 2 heterocycles. The minimum absolute atomic E-state index is 0.118. The molecule has 0 radical (unpaired) electrons. The summed E-state index contributed by atoms with van der Waals surface area (Å²) in [7, 11) is 0. The first-order chi connectivity index (χ1) is 13.0. The lowest BCUT2D eigenvalue weighted by molar-refractivity contribution is -0.119. The molecule has 2 aromatic rings. The highest BCUT2D eigenvalue weighted by Gasteiger charge is 2.17. The van der Waals surface area contributed by atoms with E-state index in [2.05, 4.69) is 15.3 Å². The van der Waals surface area contributed by atoms with Crippen molar-refractivity contribution in [1.82, 2.24) is 15.3 Å². The highest BCUT2D eigenvalue weighted by Crippen LogP contribution is 2.33. The Morgan fingerprint density at radius 2 is 2.11 bits per heavy atom. The molecule has 27 heavy (non-hydrogen) atoms. The maximum atomic E-state index is 12.3. The van der Waals surface area contributed by atoms with Gasteiger partial charge >= 0.3 is 0 Å². The molecule has 0 aliphatic carbocycles. The molecule has 4 N–H and O–H groups in total. The second kappa shape index (κ2) is 8.81. The number of anilines is 1. The molecule has 0 bridgehead atoms. The van der Waals surface area contributed by atoms with E-state index < -0.39 is 0 Å². The third-order valence-electron chi connectivity index (χ3n) is 4.00. The zero-order chi connectivity index (χ0) is 19.2. The number of amides is 1. The number of nitrogens with two attached hydrogens (primary N) is 1. The SMILES string of the molecule is CC[C@@H](NC(=O)CSc1nc(N)cc(=O)[nH]1)c1ccc2c(c1)OCCCO2. The van der Waals surface area contributed by atoms with Crippen molar-refractivity contribution in [3.05, 3.63) is 40.2 Å². The number of H-pyrrole nitrogens is 1. The second-order valence-electron chi connectivity index (χ2n) is 6.05. The van der Waals surface area contributed by atoms with Crippen molar-refractivity contribution in [2.24, 2.45) is 0 Å². The molecule has 1 aromatic heterocycles. The van der Waals surface area contributed by atoms with Crippen molar-refractivity contribution in [1.29, 1.82) is 0 Å². The number of carbonyl (C=O) groups is 1. The standard InChI is InChI=1S/C18H22N4O4S/c1-2-12(11-4-5-13-14(8-11)26-7-3-6-25-13)20-17(24)10-27-18-21-15(19)9-16(23)22-18/h4-5,8-9,12H,2-3,6-7,10H2,1H3,(H,20,24)(H3,19,21,22,23)/t12-/m1/s1. The quantitative estimate of drug-likeness (QED) is 0.509. The van der Waals surface area contributed by atoms with E-state index >= 15 is 0 Å². The van der Waals surface area contributed by atoms with Gasteiger partial charge in [-0.25, -0.2) is 4.98 Å². The molecule has 1 aliphatic heterocycles. The molecule has 0 fully saturated rings. The molecule has 1 amide bonds.